The van der Waals surface area contributed by atoms with E-state index in [1.54, 1.807) is 6.08 Å². The second-order valence-electron chi connectivity index (χ2n) is 8.83. The van der Waals surface area contributed by atoms with Crippen molar-refractivity contribution in [3.8, 4) is 0 Å². The molecule has 1 atom stereocenters. The molecule has 5 nitrogen and oxygen atoms in total. The standard InChI is InChI=1S/C25H38BrN2O3/c1-22(29)31-20-9-7-5-3-4-6-8-11-25(30)27-16-10-18-28(2,19-17-27)21-23-12-14-24(26)15-13-23/h8,11-15H,3-7,9-10,16-21H2,1-2H3/q+1/b11-8+. The molecule has 0 spiro atoms. The van der Waals surface area contributed by atoms with Crippen LogP contribution >= 0.6 is 15.9 Å². The number of carbonyl (C=O) groups is 2. The number of esters is 1. The molecule has 1 heterocycles. The number of amides is 1. The fourth-order valence-corrected chi connectivity index (χ4v) is 4.30. The molecular weight excluding hydrogens is 456 g/mol. The third-order valence-electron chi connectivity index (χ3n) is 5.91. The van der Waals surface area contributed by atoms with Crippen LogP contribution < -0.4 is 0 Å². The van der Waals surface area contributed by atoms with Gasteiger partial charge in [0.15, 0.2) is 0 Å². The Kier molecular flexibility index (Phi) is 11.3. The normalized spacial score (nSPS) is 19.4. The van der Waals surface area contributed by atoms with Crippen molar-refractivity contribution in [2.24, 2.45) is 0 Å². The van der Waals surface area contributed by atoms with Gasteiger partial charge in [-0.1, -0.05) is 53.4 Å². The monoisotopic (exact) mass is 493 g/mol. The van der Waals surface area contributed by atoms with Gasteiger partial charge in [0, 0.05) is 29.9 Å². The smallest absolute Gasteiger partial charge is 0.302 e. The van der Waals surface area contributed by atoms with E-state index in [1.807, 2.05) is 11.0 Å². The van der Waals surface area contributed by atoms with Crippen LogP contribution in [0.15, 0.2) is 40.9 Å². The lowest BCUT2D eigenvalue weighted by Crippen LogP contribution is -2.46. The van der Waals surface area contributed by atoms with Gasteiger partial charge in [-0.25, -0.2) is 0 Å². The largest absolute Gasteiger partial charge is 0.466 e. The number of halogens is 1. The van der Waals surface area contributed by atoms with Crippen molar-refractivity contribution >= 4 is 27.8 Å². The van der Waals surface area contributed by atoms with Crippen LogP contribution in [0, 0.1) is 0 Å². The molecule has 2 rings (SSSR count). The summed E-state index contributed by atoms with van der Waals surface area (Å²) in [4.78, 5) is 25.3. The van der Waals surface area contributed by atoms with Crippen molar-refractivity contribution in [2.45, 2.75) is 58.4 Å². The van der Waals surface area contributed by atoms with E-state index < -0.39 is 0 Å². The highest BCUT2D eigenvalue weighted by Crippen LogP contribution is 2.18. The van der Waals surface area contributed by atoms with E-state index in [1.165, 1.54) is 12.5 Å². The van der Waals surface area contributed by atoms with Gasteiger partial charge >= 0.3 is 5.97 Å². The average molecular weight is 494 g/mol. The van der Waals surface area contributed by atoms with Gasteiger partial charge < -0.3 is 14.1 Å². The Morgan fingerprint density at radius 3 is 2.52 bits per heavy atom. The van der Waals surface area contributed by atoms with Crippen LogP contribution in [0.4, 0.5) is 0 Å². The molecule has 1 aliphatic heterocycles. The predicted octanol–water partition coefficient (Wildman–Crippen LogP) is 5.09. The second-order valence-corrected chi connectivity index (χ2v) is 9.74. The molecule has 0 aromatic heterocycles. The summed E-state index contributed by atoms with van der Waals surface area (Å²) in [6.45, 7) is 6.73. The van der Waals surface area contributed by atoms with Crippen LogP contribution in [-0.2, 0) is 20.9 Å². The number of quaternary nitrogens is 1. The summed E-state index contributed by atoms with van der Waals surface area (Å²) < 4.78 is 7.02. The first-order valence-corrected chi connectivity index (χ1v) is 12.3. The summed E-state index contributed by atoms with van der Waals surface area (Å²) in [7, 11) is 2.30. The summed E-state index contributed by atoms with van der Waals surface area (Å²) in [6.07, 6.45) is 11.2. The van der Waals surface area contributed by atoms with E-state index in [0.29, 0.717) is 6.61 Å². The van der Waals surface area contributed by atoms with Crippen LogP contribution in [0.5, 0.6) is 0 Å². The molecular formula is C25H38BrN2O3+. The second kappa shape index (κ2) is 13.7. The number of likely N-dealkylation sites (N-methyl/N-ethyl adjacent to an activating group) is 1. The van der Waals surface area contributed by atoms with Crippen LogP contribution in [0.3, 0.4) is 0 Å². The van der Waals surface area contributed by atoms with E-state index in [9.17, 15) is 9.59 Å². The lowest BCUT2D eigenvalue weighted by Gasteiger charge is -2.33. The number of allylic oxidation sites excluding steroid dienone is 1. The Morgan fingerprint density at radius 2 is 1.77 bits per heavy atom. The van der Waals surface area contributed by atoms with Gasteiger partial charge in [-0.2, -0.15) is 0 Å². The number of hydrogen-bond donors (Lipinski definition) is 0. The van der Waals surface area contributed by atoms with Crippen molar-refractivity contribution in [3.05, 3.63) is 46.5 Å². The van der Waals surface area contributed by atoms with Gasteiger partial charge in [0.05, 0.1) is 33.3 Å². The minimum atomic E-state index is -0.202. The fourth-order valence-electron chi connectivity index (χ4n) is 4.04. The predicted molar refractivity (Wildman–Crippen MR) is 128 cm³/mol. The highest BCUT2D eigenvalue weighted by molar-refractivity contribution is 9.10. The van der Waals surface area contributed by atoms with E-state index in [4.69, 9.17) is 4.74 Å². The summed E-state index contributed by atoms with van der Waals surface area (Å²) >= 11 is 3.50. The Morgan fingerprint density at radius 1 is 1.06 bits per heavy atom. The Balaban J connectivity index is 1.64. The zero-order valence-corrected chi connectivity index (χ0v) is 20.7. The maximum Gasteiger partial charge on any atom is 0.302 e. The molecule has 1 aromatic rings. The zero-order valence-electron chi connectivity index (χ0n) is 19.2. The van der Waals surface area contributed by atoms with Gasteiger partial charge in [-0.15, -0.1) is 0 Å². The molecule has 1 fully saturated rings. The Labute approximate surface area is 196 Å². The van der Waals surface area contributed by atoms with E-state index >= 15 is 0 Å². The highest BCUT2D eigenvalue weighted by atomic mass is 79.9. The minimum absolute atomic E-state index is 0.151. The SMILES string of the molecule is CC(=O)OCCCCCCC/C=C/C(=O)N1CCC[N+](C)(Cc2ccc(Br)cc2)CC1. The summed E-state index contributed by atoms with van der Waals surface area (Å²) in [5.74, 6) is -0.0501. The van der Waals surface area contributed by atoms with Crippen molar-refractivity contribution in [1.29, 1.82) is 0 Å². The number of carbonyl (C=O) groups excluding carboxylic acids is 2. The number of unbranched alkanes of at least 4 members (excludes halogenated alkanes) is 5. The summed E-state index contributed by atoms with van der Waals surface area (Å²) in [5, 5.41) is 0. The first-order valence-electron chi connectivity index (χ1n) is 11.5. The van der Waals surface area contributed by atoms with Gasteiger partial charge in [0.1, 0.15) is 6.54 Å². The number of benzene rings is 1. The third-order valence-corrected chi connectivity index (χ3v) is 6.43. The third kappa shape index (κ3) is 10.5. The molecule has 31 heavy (non-hydrogen) atoms. The van der Waals surface area contributed by atoms with Crippen molar-refractivity contribution < 1.29 is 18.8 Å². The van der Waals surface area contributed by atoms with Gasteiger partial charge in [0.25, 0.3) is 0 Å². The molecule has 1 aliphatic rings. The minimum Gasteiger partial charge on any atom is -0.466 e. The first-order chi connectivity index (χ1) is 14.9. The summed E-state index contributed by atoms with van der Waals surface area (Å²) in [5.41, 5.74) is 1.34. The zero-order chi connectivity index (χ0) is 22.5. The number of nitrogens with zero attached hydrogens (tertiary/aromatic N) is 2. The summed E-state index contributed by atoms with van der Waals surface area (Å²) in [6, 6.07) is 8.57. The van der Waals surface area contributed by atoms with Crippen LogP contribution in [-0.4, -0.2) is 61.1 Å². The fraction of sp³-hybridized carbons (Fsp3) is 0.600. The Bertz CT molecular complexity index is 720. The molecule has 172 valence electrons. The van der Waals surface area contributed by atoms with Gasteiger partial charge in [-0.3, -0.25) is 9.59 Å². The van der Waals surface area contributed by atoms with Crippen LogP contribution in [0.25, 0.3) is 0 Å². The number of hydrogen-bond acceptors (Lipinski definition) is 3. The topological polar surface area (TPSA) is 46.6 Å². The molecule has 6 heteroatoms. The van der Waals surface area contributed by atoms with Gasteiger partial charge in [-0.05, 0) is 37.5 Å². The first kappa shape index (κ1) is 25.6. The molecule has 0 bridgehead atoms. The van der Waals surface area contributed by atoms with E-state index in [-0.39, 0.29) is 11.9 Å². The quantitative estimate of drug-likeness (QED) is 0.186. The van der Waals surface area contributed by atoms with Gasteiger partial charge in [0.2, 0.25) is 5.91 Å². The van der Waals surface area contributed by atoms with Crippen LogP contribution in [0.2, 0.25) is 0 Å². The van der Waals surface area contributed by atoms with E-state index in [2.05, 4.69) is 47.2 Å². The lowest BCUT2D eigenvalue weighted by atomic mass is 10.1. The maximum atomic E-state index is 12.6. The number of ether oxygens (including phenoxy) is 1. The molecule has 1 amide bonds. The highest BCUT2D eigenvalue weighted by Gasteiger charge is 2.27. The van der Waals surface area contributed by atoms with E-state index in [0.717, 1.165) is 86.6 Å². The maximum absolute atomic E-state index is 12.6. The molecule has 0 N–H and O–H groups in total. The average Bonchev–Trinajstić information content (AvgIpc) is 2.92. The molecule has 0 aliphatic carbocycles. The molecule has 1 saturated heterocycles. The van der Waals surface area contributed by atoms with Crippen molar-refractivity contribution in [1.82, 2.24) is 4.90 Å². The molecule has 0 radical (unpaired) electrons. The van der Waals surface area contributed by atoms with Crippen molar-refractivity contribution in [3.63, 3.8) is 0 Å². The number of rotatable bonds is 11. The van der Waals surface area contributed by atoms with Crippen LogP contribution in [0.1, 0.15) is 57.4 Å². The van der Waals surface area contributed by atoms with Crippen molar-refractivity contribution in [2.75, 3.05) is 39.8 Å². The molecule has 1 aromatic carbocycles. The lowest BCUT2D eigenvalue weighted by molar-refractivity contribution is -0.920. The molecule has 1 unspecified atom stereocenters. The molecule has 0 saturated carbocycles. The Hall–Kier alpha value is -1.66.